The van der Waals surface area contributed by atoms with Gasteiger partial charge in [0.05, 0.1) is 15.9 Å². The molecule has 9 heteroatoms. The lowest BCUT2D eigenvalue weighted by Crippen LogP contribution is -2.35. The van der Waals surface area contributed by atoms with E-state index in [1.54, 1.807) is 13.8 Å². The van der Waals surface area contributed by atoms with Crippen molar-refractivity contribution in [1.82, 2.24) is 4.90 Å². The average Bonchev–Trinajstić information content (AvgIpc) is 2.74. The molecule has 0 bridgehead atoms. The summed E-state index contributed by atoms with van der Waals surface area (Å²) in [4.78, 5) is 46.7. The van der Waals surface area contributed by atoms with E-state index in [1.807, 2.05) is 0 Å². The third-order valence-corrected chi connectivity index (χ3v) is 3.84. The monoisotopic (exact) mass is 350 g/mol. The second-order valence-electron chi connectivity index (χ2n) is 5.16. The molecule has 1 aliphatic heterocycles. The molecule has 24 heavy (non-hydrogen) atoms. The van der Waals surface area contributed by atoms with Crippen LogP contribution in [0.4, 0.5) is 10.5 Å². The van der Waals surface area contributed by atoms with E-state index < -0.39 is 28.6 Å². The molecule has 1 saturated heterocycles. The maximum atomic E-state index is 12.2. The quantitative estimate of drug-likeness (QED) is 0.348. The first kappa shape index (κ1) is 17.7. The summed E-state index contributed by atoms with van der Waals surface area (Å²) >= 11 is 0.705. The average molecular weight is 350 g/mol. The second kappa shape index (κ2) is 7.26. The fourth-order valence-corrected chi connectivity index (χ4v) is 2.75. The standard InChI is InChI=1S/C15H14N2O6S/c1-9(2)23-13(18)8-16-14(19)12(24-15(16)20)7-10-3-5-11(6-4-10)17(21)22/h3-7,9H,8H2,1-2H3/b12-7-. The van der Waals surface area contributed by atoms with Gasteiger partial charge in [-0.05, 0) is 49.4 Å². The summed E-state index contributed by atoms with van der Waals surface area (Å²) in [5.74, 6) is -1.26. The minimum atomic E-state index is -0.663. The number of esters is 1. The minimum absolute atomic E-state index is 0.0725. The van der Waals surface area contributed by atoms with Gasteiger partial charge >= 0.3 is 5.97 Å². The van der Waals surface area contributed by atoms with Crippen molar-refractivity contribution in [2.45, 2.75) is 20.0 Å². The minimum Gasteiger partial charge on any atom is -0.462 e. The normalized spacial score (nSPS) is 16.1. The number of imide groups is 1. The molecule has 1 aromatic carbocycles. The van der Waals surface area contributed by atoms with Gasteiger partial charge in [0.15, 0.2) is 0 Å². The van der Waals surface area contributed by atoms with Gasteiger partial charge in [-0.2, -0.15) is 0 Å². The van der Waals surface area contributed by atoms with Crippen molar-refractivity contribution in [2.75, 3.05) is 6.54 Å². The van der Waals surface area contributed by atoms with Gasteiger partial charge in [0.25, 0.3) is 16.8 Å². The number of hydrogen-bond donors (Lipinski definition) is 0. The largest absolute Gasteiger partial charge is 0.462 e. The SMILES string of the molecule is CC(C)OC(=O)CN1C(=O)S/C(=C\c2ccc([N+](=O)[O-])cc2)C1=O. The van der Waals surface area contributed by atoms with Crippen LogP contribution in [-0.4, -0.2) is 39.6 Å². The number of hydrogen-bond acceptors (Lipinski definition) is 7. The van der Waals surface area contributed by atoms with Crippen LogP contribution in [0.2, 0.25) is 0 Å². The molecule has 0 spiro atoms. The summed E-state index contributed by atoms with van der Waals surface area (Å²) in [5, 5.41) is 10.0. The number of carbonyl (C=O) groups excluding carboxylic acids is 3. The number of rotatable bonds is 5. The first-order valence-electron chi connectivity index (χ1n) is 6.97. The van der Waals surface area contributed by atoms with Gasteiger partial charge in [-0.25, -0.2) is 0 Å². The van der Waals surface area contributed by atoms with E-state index >= 15 is 0 Å². The molecular formula is C15H14N2O6S. The lowest BCUT2D eigenvalue weighted by atomic mass is 10.2. The van der Waals surface area contributed by atoms with E-state index in [4.69, 9.17) is 4.74 Å². The molecule has 1 fully saturated rings. The lowest BCUT2D eigenvalue weighted by Gasteiger charge is -2.13. The molecule has 0 aliphatic carbocycles. The zero-order valence-corrected chi connectivity index (χ0v) is 13.7. The summed E-state index contributed by atoms with van der Waals surface area (Å²) in [6, 6.07) is 5.55. The zero-order valence-electron chi connectivity index (χ0n) is 12.9. The molecule has 0 saturated carbocycles. The summed E-state index contributed by atoms with van der Waals surface area (Å²) in [6.07, 6.45) is 1.11. The van der Waals surface area contributed by atoms with Crippen molar-refractivity contribution in [3.63, 3.8) is 0 Å². The van der Waals surface area contributed by atoms with Gasteiger partial charge in [0.1, 0.15) is 6.54 Å². The van der Waals surface area contributed by atoms with Crippen LogP contribution in [0.5, 0.6) is 0 Å². The Bertz CT molecular complexity index is 726. The van der Waals surface area contributed by atoms with Crippen molar-refractivity contribution >= 4 is 40.6 Å². The van der Waals surface area contributed by atoms with Crippen molar-refractivity contribution < 1.29 is 24.0 Å². The van der Waals surface area contributed by atoms with Crippen LogP contribution in [0.1, 0.15) is 19.4 Å². The number of non-ortho nitro benzene ring substituents is 1. The number of nitrogens with zero attached hydrogens (tertiary/aromatic N) is 2. The fraction of sp³-hybridized carbons (Fsp3) is 0.267. The van der Waals surface area contributed by atoms with Gasteiger partial charge in [0.2, 0.25) is 0 Å². The highest BCUT2D eigenvalue weighted by molar-refractivity contribution is 8.18. The predicted molar refractivity (Wildman–Crippen MR) is 87.0 cm³/mol. The highest BCUT2D eigenvalue weighted by Crippen LogP contribution is 2.32. The molecule has 2 rings (SSSR count). The van der Waals surface area contributed by atoms with Gasteiger partial charge < -0.3 is 4.74 Å². The predicted octanol–water partition coefficient (Wildman–Crippen LogP) is 2.58. The van der Waals surface area contributed by atoms with Crippen LogP contribution in [-0.2, 0) is 14.3 Å². The Morgan fingerprint density at radius 3 is 2.50 bits per heavy atom. The number of amides is 2. The topological polar surface area (TPSA) is 107 Å². The summed E-state index contributed by atoms with van der Waals surface area (Å²) < 4.78 is 4.92. The Balaban J connectivity index is 2.12. The molecular weight excluding hydrogens is 336 g/mol. The smallest absolute Gasteiger partial charge is 0.326 e. The van der Waals surface area contributed by atoms with E-state index in [-0.39, 0.29) is 16.7 Å². The van der Waals surface area contributed by atoms with Crippen molar-refractivity contribution in [3.8, 4) is 0 Å². The molecule has 0 radical (unpaired) electrons. The van der Waals surface area contributed by atoms with Crippen LogP contribution in [0.3, 0.4) is 0 Å². The molecule has 1 aromatic rings. The van der Waals surface area contributed by atoms with E-state index in [2.05, 4.69) is 0 Å². The van der Waals surface area contributed by atoms with E-state index in [0.29, 0.717) is 17.3 Å². The third-order valence-electron chi connectivity index (χ3n) is 2.93. The summed E-state index contributed by atoms with van der Waals surface area (Å²) in [7, 11) is 0. The molecule has 0 aromatic heterocycles. The van der Waals surface area contributed by atoms with E-state index in [9.17, 15) is 24.5 Å². The van der Waals surface area contributed by atoms with Crippen molar-refractivity contribution in [3.05, 3.63) is 44.8 Å². The number of nitro groups is 1. The maximum Gasteiger partial charge on any atom is 0.326 e. The van der Waals surface area contributed by atoms with Gasteiger partial charge in [-0.1, -0.05) is 0 Å². The van der Waals surface area contributed by atoms with Crippen LogP contribution in [0, 0.1) is 10.1 Å². The molecule has 8 nitrogen and oxygen atoms in total. The number of thioether (sulfide) groups is 1. The van der Waals surface area contributed by atoms with Crippen LogP contribution >= 0.6 is 11.8 Å². The Hall–Kier alpha value is -2.68. The lowest BCUT2D eigenvalue weighted by molar-refractivity contribution is -0.384. The fourth-order valence-electron chi connectivity index (χ4n) is 1.91. The molecule has 0 unspecified atom stereocenters. The van der Waals surface area contributed by atoms with Crippen molar-refractivity contribution in [2.24, 2.45) is 0 Å². The number of nitro benzene ring substituents is 1. The Kier molecular flexibility index (Phi) is 5.35. The Morgan fingerprint density at radius 1 is 1.33 bits per heavy atom. The zero-order chi connectivity index (χ0) is 17.9. The number of benzene rings is 1. The molecule has 0 atom stereocenters. The second-order valence-corrected chi connectivity index (χ2v) is 6.15. The molecule has 2 amide bonds. The Labute approximate surface area is 141 Å². The van der Waals surface area contributed by atoms with Gasteiger partial charge in [0, 0.05) is 12.1 Å². The third kappa shape index (κ3) is 4.19. The van der Waals surface area contributed by atoms with Gasteiger partial charge in [-0.3, -0.25) is 29.4 Å². The summed E-state index contributed by atoms with van der Waals surface area (Å²) in [5.41, 5.74) is 0.465. The Morgan fingerprint density at radius 2 is 1.96 bits per heavy atom. The number of ether oxygens (including phenoxy) is 1. The molecule has 126 valence electrons. The van der Waals surface area contributed by atoms with Gasteiger partial charge in [-0.15, -0.1) is 0 Å². The summed E-state index contributed by atoms with van der Waals surface area (Å²) in [6.45, 7) is 2.89. The molecule has 1 aliphatic rings. The molecule has 1 heterocycles. The van der Waals surface area contributed by atoms with Crippen LogP contribution < -0.4 is 0 Å². The highest BCUT2D eigenvalue weighted by Gasteiger charge is 2.36. The highest BCUT2D eigenvalue weighted by atomic mass is 32.2. The first-order valence-corrected chi connectivity index (χ1v) is 7.79. The van der Waals surface area contributed by atoms with E-state index in [0.717, 1.165) is 4.90 Å². The molecule has 0 N–H and O–H groups in total. The van der Waals surface area contributed by atoms with Crippen molar-refractivity contribution in [1.29, 1.82) is 0 Å². The van der Waals surface area contributed by atoms with E-state index in [1.165, 1.54) is 30.3 Å². The number of carbonyl (C=O) groups is 3. The maximum absolute atomic E-state index is 12.2. The van der Waals surface area contributed by atoms with Crippen LogP contribution in [0.15, 0.2) is 29.2 Å². The van der Waals surface area contributed by atoms with Crippen LogP contribution in [0.25, 0.3) is 6.08 Å². The first-order chi connectivity index (χ1) is 11.3.